The molecule has 0 bridgehead atoms. The van der Waals surface area contributed by atoms with Crippen LogP contribution in [0.5, 0.6) is 0 Å². The van der Waals surface area contributed by atoms with Crippen molar-refractivity contribution < 1.29 is 4.84 Å². The van der Waals surface area contributed by atoms with E-state index in [1.807, 2.05) is 61.0 Å². The summed E-state index contributed by atoms with van der Waals surface area (Å²) in [6.07, 6.45) is 6.37. The number of rotatable bonds is 4. The van der Waals surface area contributed by atoms with E-state index in [2.05, 4.69) is 21.7 Å². The maximum absolute atomic E-state index is 6.26. The van der Waals surface area contributed by atoms with Gasteiger partial charge in [-0.2, -0.15) is 5.06 Å². The summed E-state index contributed by atoms with van der Waals surface area (Å²) in [4.78, 5) is 10.4. The van der Waals surface area contributed by atoms with Gasteiger partial charge in [0, 0.05) is 42.5 Å². The molecule has 2 atom stereocenters. The van der Waals surface area contributed by atoms with Crippen LogP contribution < -0.4 is 0 Å². The summed E-state index contributed by atoms with van der Waals surface area (Å²) in [5.41, 5.74) is 1.95. The molecule has 0 unspecified atom stereocenters. The molecule has 2 heterocycles. The van der Waals surface area contributed by atoms with E-state index in [-0.39, 0.29) is 11.6 Å². The van der Waals surface area contributed by atoms with Crippen LogP contribution >= 0.6 is 23.2 Å². The van der Waals surface area contributed by atoms with Crippen LogP contribution in [-0.4, -0.2) is 21.7 Å². The van der Waals surface area contributed by atoms with E-state index < -0.39 is 0 Å². The summed E-state index contributed by atoms with van der Waals surface area (Å²) in [7, 11) is 1.99. The molecule has 0 aliphatic carbocycles. The number of hydrogen-bond acceptors (Lipinski definition) is 3. The van der Waals surface area contributed by atoms with Crippen LogP contribution in [0.2, 0.25) is 10.0 Å². The van der Waals surface area contributed by atoms with Gasteiger partial charge in [0.1, 0.15) is 6.10 Å². The Balaban J connectivity index is 1.72. The molecule has 1 aromatic heterocycles. The van der Waals surface area contributed by atoms with Gasteiger partial charge in [-0.25, -0.2) is 4.98 Å². The topological polar surface area (TPSA) is 30.3 Å². The smallest absolute Gasteiger partial charge is 0.107 e. The number of halogens is 2. The van der Waals surface area contributed by atoms with Gasteiger partial charge in [0.05, 0.1) is 11.9 Å². The zero-order valence-electron chi connectivity index (χ0n) is 14.3. The normalized spacial score (nSPS) is 23.4. The Hall–Kier alpha value is -1.85. The minimum absolute atomic E-state index is 0.0449. The highest BCUT2D eigenvalue weighted by Gasteiger charge is 2.47. The van der Waals surface area contributed by atoms with E-state index in [1.165, 1.54) is 0 Å². The van der Waals surface area contributed by atoms with Gasteiger partial charge >= 0.3 is 0 Å². The summed E-state index contributed by atoms with van der Waals surface area (Å²) in [5.74, 6) is 0. The second-order valence-electron chi connectivity index (χ2n) is 6.62. The molecule has 134 valence electrons. The first-order valence-electron chi connectivity index (χ1n) is 8.45. The van der Waals surface area contributed by atoms with E-state index in [1.54, 1.807) is 6.20 Å². The van der Waals surface area contributed by atoms with Crippen LogP contribution in [0.3, 0.4) is 0 Å². The third-order valence-corrected chi connectivity index (χ3v) is 5.54. The quantitative estimate of drug-likeness (QED) is 0.624. The molecule has 0 spiro atoms. The lowest BCUT2D eigenvalue weighted by atomic mass is 9.83. The number of hydrogen-bond donors (Lipinski definition) is 0. The average Bonchev–Trinajstić information content (AvgIpc) is 3.25. The van der Waals surface area contributed by atoms with Crippen molar-refractivity contribution in [3.63, 3.8) is 0 Å². The first kappa shape index (κ1) is 17.6. The lowest BCUT2D eigenvalue weighted by molar-refractivity contribution is -0.176. The first-order chi connectivity index (χ1) is 12.6. The molecule has 1 saturated heterocycles. The molecule has 6 heteroatoms. The molecule has 1 fully saturated rings. The van der Waals surface area contributed by atoms with Crippen molar-refractivity contribution in [1.82, 2.24) is 14.6 Å². The van der Waals surface area contributed by atoms with Crippen LogP contribution in [0.25, 0.3) is 0 Å². The van der Waals surface area contributed by atoms with Gasteiger partial charge in [-0.3, -0.25) is 4.84 Å². The summed E-state index contributed by atoms with van der Waals surface area (Å²) in [5, 5.41) is 3.42. The van der Waals surface area contributed by atoms with Crippen molar-refractivity contribution in [2.75, 3.05) is 7.05 Å². The van der Waals surface area contributed by atoms with Gasteiger partial charge in [-0.05, 0) is 35.4 Å². The third kappa shape index (κ3) is 3.26. The largest absolute Gasteiger partial charge is 0.335 e. The monoisotopic (exact) mass is 387 g/mol. The third-order valence-electron chi connectivity index (χ3n) is 5.04. The summed E-state index contributed by atoms with van der Waals surface area (Å²) in [6.45, 7) is 0.731. The van der Waals surface area contributed by atoms with Gasteiger partial charge in [-0.15, -0.1) is 0 Å². The molecule has 26 heavy (non-hydrogen) atoms. The Kier molecular flexibility index (Phi) is 4.76. The summed E-state index contributed by atoms with van der Waals surface area (Å²) in [6, 6.07) is 15.8. The Morgan fingerprint density at radius 3 is 2.35 bits per heavy atom. The van der Waals surface area contributed by atoms with Crippen LogP contribution in [-0.2, 0) is 16.9 Å². The van der Waals surface area contributed by atoms with Crippen molar-refractivity contribution in [3.05, 3.63) is 88.4 Å². The second-order valence-corrected chi connectivity index (χ2v) is 7.49. The molecule has 0 saturated carbocycles. The molecular weight excluding hydrogens is 369 g/mol. The highest BCUT2D eigenvalue weighted by Crippen LogP contribution is 2.47. The molecule has 4 rings (SSSR count). The van der Waals surface area contributed by atoms with E-state index in [0.29, 0.717) is 0 Å². The van der Waals surface area contributed by atoms with E-state index in [4.69, 9.17) is 28.0 Å². The summed E-state index contributed by atoms with van der Waals surface area (Å²) < 4.78 is 2.08. The summed E-state index contributed by atoms with van der Waals surface area (Å²) >= 11 is 12.1. The molecule has 2 aromatic carbocycles. The predicted molar refractivity (Wildman–Crippen MR) is 103 cm³/mol. The molecule has 0 amide bonds. The fourth-order valence-corrected chi connectivity index (χ4v) is 3.87. The number of imidazole rings is 1. The minimum atomic E-state index is -0.324. The molecule has 1 aliphatic heterocycles. The molecule has 4 nitrogen and oxygen atoms in total. The van der Waals surface area contributed by atoms with Crippen LogP contribution in [0.15, 0.2) is 67.3 Å². The fourth-order valence-electron chi connectivity index (χ4n) is 3.62. The standard InChI is InChI=1S/C20H19Cl2N3O/c1-24-20(13-25-11-10-23-14-25,16-4-8-18(22)9-5-16)12-19(26-24)15-2-6-17(21)7-3-15/h2-11,14,19H,12-13H2,1H3/t19-,20+/m1/s1. The number of benzene rings is 2. The number of nitrogens with zero attached hydrogens (tertiary/aromatic N) is 3. The molecule has 1 aliphatic rings. The van der Waals surface area contributed by atoms with Crippen molar-refractivity contribution in [1.29, 1.82) is 0 Å². The molecular formula is C20H19Cl2N3O. The first-order valence-corrected chi connectivity index (χ1v) is 9.20. The van der Waals surface area contributed by atoms with Gasteiger partial charge in [0.15, 0.2) is 0 Å². The Morgan fingerprint density at radius 1 is 1.08 bits per heavy atom. The Bertz CT molecular complexity index is 865. The highest BCUT2D eigenvalue weighted by molar-refractivity contribution is 6.30. The second kappa shape index (κ2) is 7.05. The van der Waals surface area contributed by atoms with Gasteiger partial charge in [0.2, 0.25) is 0 Å². The predicted octanol–water partition coefficient (Wildman–Crippen LogP) is 5.09. The number of aromatic nitrogens is 2. The highest BCUT2D eigenvalue weighted by atomic mass is 35.5. The fraction of sp³-hybridized carbons (Fsp3) is 0.250. The SMILES string of the molecule is CN1O[C@@H](c2ccc(Cl)cc2)C[C@]1(Cn1ccnc1)c1ccc(Cl)cc1. The minimum Gasteiger partial charge on any atom is -0.335 e. The van der Waals surface area contributed by atoms with E-state index >= 15 is 0 Å². The van der Waals surface area contributed by atoms with Crippen molar-refractivity contribution in [2.45, 2.75) is 24.6 Å². The van der Waals surface area contributed by atoms with Gasteiger partial charge < -0.3 is 4.57 Å². The Morgan fingerprint density at radius 2 is 1.73 bits per heavy atom. The van der Waals surface area contributed by atoms with E-state index in [0.717, 1.165) is 34.1 Å². The van der Waals surface area contributed by atoms with Crippen molar-refractivity contribution in [2.24, 2.45) is 0 Å². The maximum Gasteiger partial charge on any atom is 0.107 e. The van der Waals surface area contributed by atoms with E-state index in [9.17, 15) is 0 Å². The zero-order chi connectivity index (χ0) is 18.1. The van der Waals surface area contributed by atoms with Crippen molar-refractivity contribution >= 4 is 23.2 Å². The Labute approximate surface area is 162 Å². The van der Waals surface area contributed by atoms with Crippen LogP contribution in [0, 0.1) is 0 Å². The average molecular weight is 388 g/mol. The molecule has 0 radical (unpaired) electrons. The van der Waals surface area contributed by atoms with Gasteiger partial charge in [-0.1, -0.05) is 47.5 Å². The lowest BCUT2D eigenvalue weighted by Gasteiger charge is -2.34. The number of likely N-dealkylation sites (N-methyl/N-ethyl adjacent to an activating group) is 1. The van der Waals surface area contributed by atoms with Crippen LogP contribution in [0.1, 0.15) is 23.7 Å². The molecule has 3 aromatic rings. The molecule has 0 N–H and O–H groups in total. The van der Waals surface area contributed by atoms with Crippen molar-refractivity contribution in [3.8, 4) is 0 Å². The number of hydroxylamine groups is 2. The maximum atomic E-state index is 6.26. The van der Waals surface area contributed by atoms with Gasteiger partial charge in [0.25, 0.3) is 0 Å². The lowest BCUT2D eigenvalue weighted by Crippen LogP contribution is -2.41. The zero-order valence-corrected chi connectivity index (χ0v) is 15.9. The van der Waals surface area contributed by atoms with Crippen LogP contribution in [0.4, 0.5) is 0 Å².